The highest BCUT2D eigenvalue weighted by Crippen LogP contribution is 2.30. The lowest BCUT2D eigenvalue weighted by Gasteiger charge is -2.16. The normalized spacial score (nSPS) is 13.2. The molecule has 4 rings (SSSR count). The quantitative estimate of drug-likeness (QED) is 0.224. The van der Waals surface area contributed by atoms with Gasteiger partial charge in [-0.1, -0.05) is 43.1 Å². The van der Waals surface area contributed by atoms with E-state index in [-0.39, 0.29) is 16.8 Å². The number of anilines is 3. The molecule has 0 unspecified atom stereocenters. The zero-order chi connectivity index (χ0) is 28.8. The van der Waals surface area contributed by atoms with E-state index in [0.29, 0.717) is 28.2 Å². The van der Waals surface area contributed by atoms with Gasteiger partial charge in [-0.25, -0.2) is 9.69 Å². The Hall–Kier alpha value is -4.43. The van der Waals surface area contributed by atoms with Crippen LogP contribution in [0.4, 0.5) is 17.1 Å². The number of esters is 1. The summed E-state index contributed by atoms with van der Waals surface area (Å²) in [5, 5.41) is 5.45. The summed E-state index contributed by atoms with van der Waals surface area (Å²) in [6.45, 7) is 5.65. The molecule has 3 aromatic carbocycles. The molecular formula is C31H30ClN3O5. The minimum atomic E-state index is -0.620. The van der Waals surface area contributed by atoms with Gasteiger partial charge in [0.05, 0.1) is 17.4 Å². The zero-order valence-corrected chi connectivity index (χ0v) is 23.2. The Balaban J connectivity index is 1.44. The number of benzene rings is 3. The molecule has 0 atom stereocenters. The van der Waals surface area contributed by atoms with E-state index in [2.05, 4.69) is 17.6 Å². The van der Waals surface area contributed by atoms with Crippen LogP contribution in [-0.4, -0.2) is 29.8 Å². The molecule has 8 nitrogen and oxygen atoms in total. The molecule has 3 aromatic rings. The van der Waals surface area contributed by atoms with Gasteiger partial charge in [0.2, 0.25) is 0 Å². The van der Waals surface area contributed by atoms with Crippen LogP contribution in [0, 0.1) is 0 Å². The predicted octanol–water partition coefficient (Wildman–Crippen LogP) is 6.28. The van der Waals surface area contributed by atoms with Crippen LogP contribution in [0.5, 0.6) is 0 Å². The first kappa shape index (κ1) is 28.6. The standard InChI is InChI=1S/C31H30ClN3O5/c1-4-5-7-20-10-16-25(17-11-20)35-29(37)26(32)27(30(35)38)33-24-9-6-8-22(18-24)28(36)34-23-14-12-21(13-15-23)31(39)40-19(2)3/h6,8-19,33H,4-5,7H2,1-3H3,(H,34,36). The maximum absolute atomic E-state index is 13.2. The summed E-state index contributed by atoms with van der Waals surface area (Å²) in [5.74, 6) is -2.05. The van der Waals surface area contributed by atoms with Crippen LogP contribution in [0.3, 0.4) is 0 Å². The molecule has 1 aliphatic heterocycles. The van der Waals surface area contributed by atoms with Crippen LogP contribution < -0.4 is 15.5 Å². The van der Waals surface area contributed by atoms with Crippen molar-refractivity contribution in [3.8, 4) is 0 Å². The number of halogens is 1. The van der Waals surface area contributed by atoms with Gasteiger partial charge in [-0.15, -0.1) is 0 Å². The number of aryl methyl sites for hydroxylation is 1. The fourth-order valence-corrected chi connectivity index (χ4v) is 4.31. The molecule has 0 aliphatic carbocycles. The third-order valence-corrected chi connectivity index (χ3v) is 6.51. The topological polar surface area (TPSA) is 105 Å². The third kappa shape index (κ3) is 6.58. The first-order chi connectivity index (χ1) is 19.2. The summed E-state index contributed by atoms with van der Waals surface area (Å²) in [5.41, 5.74) is 3.07. The van der Waals surface area contributed by atoms with Gasteiger partial charge in [0.1, 0.15) is 10.7 Å². The number of carbonyl (C=O) groups is 4. The largest absolute Gasteiger partial charge is 0.459 e. The number of nitrogens with one attached hydrogen (secondary N) is 2. The van der Waals surface area contributed by atoms with Crippen LogP contribution in [0.2, 0.25) is 0 Å². The van der Waals surface area contributed by atoms with Crippen molar-refractivity contribution in [3.63, 3.8) is 0 Å². The van der Waals surface area contributed by atoms with Crippen LogP contribution >= 0.6 is 11.6 Å². The molecule has 0 spiro atoms. The van der Waals surface area contributed by atoms with E-state index >= 15 is 0 Å². The summed E-state index contributed by atoms with van der Waals surface area (Å²) in [6, 6.07) is 20.1. The van der Waals surface area contributed by atoms with Gasteiger partial charge in [0.15, 0.2) is 0 Å². The Kier molecular flexibility index (Phi) is 9.01. The minimum Gasteiger partial charge on any atom is -0.459 e. The number of nitrogens with zero attached hydrogens (tertiary/aromatic N) is 1. The molecule has 40 heavy (non-hydrogen) atoms. The average Bonchev–Trinajstić information content (AvgIpc) is 3.15. The molecule has 0 saturated heterocycles. The number of unbranched alkanes of at least 4 members (excludes halogenated alkanes) is 1. The highest BCUT2D eigenvalue weighted by Gasteiger charge is 2.39. The van der Waals surface area contributed by atoms with Crippen LogP contribution in [0.15, 0.2) is 83.5 Å². The van der Waals surface area contributed by atoms with E-state index in [0.717, 1.165) is 29.7 Å². The molecule has 3 amide bonds. The Labute approximate surface area is 238 Å². The minimum absolute atomic E-state index is 0.0665. The lowest BCUT2D eigenvalue weighted by atomic mass is 10.1. The fourth-order valence-electron chi connectivity index (χ4n) is 4.10. The van der Waals surface area contributed by atoms with Gasteiger partial charge in [0.25, 0.3) is 17.7 Å². The number of hydrogen-bond donors (Lipinski definition) is 2. The molecule has 0 fully saturated rings. The lowest BCUT2D eigenvalue weighted by Crippen LogP contribution is -2.32. The van der Waals surface area contributed by atoms with Gasteiger partial charge in [0, 0.05) is 16.9 Å². The molecule has 2 N–H and O–H groups in total. The van der Waals surface area contributed by atoms with Crippen molar-refractivity contribution in [2.45, 2.75) is 46.1 Å². The number of amides is 3. The highest BCUT2D eigenvalue weighted by molar-refractivity contribution is 6.53. The van der Waals surface area contributed by atoms with Gasteiger partial charge >= 0.3 is 5.97 Å². The maximum Gasteiger partial charge on any atom is 0.338 e. The van der Waals surface area contributed by atoms with Crippen molar-refractivity contribution in [2.75, 3.05) is 15.5 Å². The second-order valence-electron chi connectivity index (χ2n) is 9.60. The Bertz CT molecular complexity index is 1460. The van der Waals surface area contributed by atoms with E-state index in [1.54, 1.807) is 74.5 Å². The highest BCUT2D eigenvalue weighted by atomic mass is 35.5. The molecule has 0 saturated carbocycles. The van der Waals surface area contributed by atoms with Crippen molar-refractivity contribution >= 4 is 52.4 Å². The fraction of sp³-hybridized carbons (Fsp3) is 0.226. The molecule has 1 aliphatic rings. The zero-order valence-electron chi connectivity index (χ0n) is 22.5. The summed E-state index contributed by atoms with van der Waals surface area (Å²) < 4.78 is 5.17. The Morgan fingerprint density at radius 3 is 2.25 bits per heavy atom. The van der Waals surface area contributed by atoms with E-state index < -0.39 is 23.7 Å². The van der Waals surface area contributed by atoms with Crippen LogP contribution in [0.25, 0.3) is 0 Å². The summed E-state index contributed by atoms with van der Waals surface area (Å²) in [6.07, 6.45) is 2.82. The molecule has 9 heteroatoms. The molecule has 0 aromatic heterocycles. The van der Waals surface area contributed by atoms with Crippen LogP contribution in [-0.2, 0) is 20.7 Å². The molecular weight excluding hydrogens is 530 g/mol. The predicted molar refractivity (Wildman–Crippen MR) is 155 cm³/mol. The average molecular weight is 560 g/mol. The smallest absolute Gasteiger partial charge is 0.338 e. The summed E-state index contributed by atoms with van der Waals surface area (Å²) in [7, 11) is 0. The van der Waals surface area contributed by atoms with Crippen LogP contribution in [0.1, 0.15) is 59.9 Å². The van der Waals surface area contributed by atoms with Crippen molar-refractivity contribution in [2.24, 2.45) is 0 Å². The molecule has 0 bridgehead atoms. The van der Waals surface area contributed by atoms with Gasteiger partial charge in [-0.2, -0.15) is 0 Å². The number of ether oxygens (including phenoxy) is 1. The SMILES string of the molecule is CCCCc1ccc(N2C(=O)C(Cl)=C(Nc3cccc(C(=O)Nc4ccc(C(=O)OC(C)C)cc4)c3)C2=O)cc1. The second kappa shape index (κ2) is 12.6. The van der Waals surface area contributed by atoms with Gasteiger partial charge in [-0.05, 0) is 86.8 Å². The van der Waals surface area contributed by atoms with Gasteiger partial charge in [-0.3, -0.25) is 14.4 Å². The monoisotopic (exact) mass is 559 g/mol. The number of carbonyl (C=O) groups excluding carboxylic acids is 4. The van der Waals surface area contributed by atoms with Crippen molar-refractivity contribution < 1.29 is 23.9 Å². The lowest BCUT2D eigenvalue weighted by molar-refractivity contribution is -0.120. The van der Waals surface area contributed by atoms with Gasteiger partial charge < -0.3 is 15.4 Å². The van der Waals surface area contributed by atoms with Crippen molar-refractivity contribution in [1.29, 1.82) is 0 Å². The second-order valence-corrected chi connectivity index (χ2v) is 9.97. The van der Waals surface area contributed by atoms with E-state index in [1.165, 1.54) is 0 Å². The number of rotatable bonds is 10. The molecule has 1 heterocycles. The number of hydrogen-bond acceptors (Lipinski definition) is 6. The summed E-state index contributed by atoms with van der Waals surface area (Å²) >= 11 is 6.28. The molecule has 0 radical (unpaired) electrons. The van der Waals surface area contributed by atoms with E-state index in [1.807, 2.05) is 12.1 Å². The van der Waals surface area contributed by atoms with E-state index in [4.69, 9.17) is 16.3 Å². The third-order valence-electron chi connectivity index (χ3n) is 6.16. The molecule has 206 valence electrons. The summed E-state index contributed by atoms with van der Waals surface area (Å²) in [4.78, 5) is 52.0. The Morgan fingerprint density at radius 1 is 0.900 bits per heavy atom. The Morgan fingerprint density at radius 2 is 1.60 bits per heavy atom. The van der Waals surface area contributed by atoms with Crippen molar-refractivity contribution in [1.82, 2.24) is 0 Å². The first-order valence-electron chi connectivity index (χ1n) is 13.0. The number of imide groups is 1. The van der Waals surface area contributed by atoms with E-state index in [9.17, 15) is 19.2 Å². The first-order valence-corrected chi connectivity index (χ1v) is 13.4. The van der Waals surface area contributed by atoms with Crippen molar-refractivity contribution in [3.05, 3.63) is 100 Å². The maximum atomic E-state index is 13.2.